The molecule has 6 heteroatoms. The highest BCUT2D eigenvalue weighted by Gasteiger charge is 2.28. The highest BCUT2D eigenvalue weighted by Crippen LogP contribution is 2.32. The van der Waals surface area contributed by atoms with E-state index < -0.39 is 10.0 Å². The molecule has 1 aliphatic heterocycles. The zero-order chi connectivity index (χ0) is 21.1. The number of carbonyl (C=O) groups is 1. The Hall–Kier alpha value is -2.96. The van der Waals surface area contributed by atoms with Gasteiger partial charge in [-0.25, -0.2) is 8.42 Å². The summed E-state index contributed by atoms with van der Waals surface area (Å²) in [4.78, 5) is 13.8. The maximum Gasteiger partial charge on any atom is 0.243 e. The molecule has 3 aromatic rings. The van der Waals surface area contributed by atoms with Crippen LogP contribution in [-0.4, -0.2) is 25.2 Å². The predicted molar refractivity (Wildman–Crippen MR) is 117 cm³/mol. The van der Waals surface area contributed by atoms with Crippen molar-refractivity contribution in [2.24, 2.45) is 0 Å². The molecule has 0 spiro atoms. The zero-order valence-corrected chi connectivity index (χ0v) is 17.7. The third kappa shape index (κ3) is 4.15. The van der Waals surface area contributed by atoms with Crippen LogP contribution in [0.5, 0.6) is 0 Å². The first kappa shape index (κ1) is 20.3. The van der Waals surface area contributed by atoms with Crippen LogP contribution in [0.25, 0.3) is 0 Å². The lowest BCUT2D eigenvalue weighted by atomic mass is 10.2. The van der Waals surface area contributed by atoms with Gasteiger partial charge in [-0.1, -0.05) is 60.7 Å². The number of nitrogens with zero attached hydrogens (tertiary/aromatic N) is 2. The molecular weight excluding hydrogens is 396 g/mol. The number of carbonyl (C=O) groups excluding carboxylic acids is 1. The minimum atomic E-state index is -3.73. The van der Waals surface area contributed by atoms with Gasteiger partial charge in [0.05, 0.1) is 4.90 Å². The first-order valence-electron chi connectivity index (χ1n) is 9.94. The van der Waals surface area contributed by atoms with Crippen molar-refractivity contribution in [3.05, 3.63) is 95.6 Å². The lowest BCUT2D eigenvalue weighted by Crippen LogP contribution is -2.30. The molecule has 1 amide bonds. The van der Waals surface area contributed by atoms with Crippen LogP contribution in [0.4, 0.5) is 5.69 Å². The van der Waals surface area contributed by atoms with E-state index in [9.17, 15) is 13.2 Å². The van der Waals surface area contributed by atoms with E-state index in [1.807, 2.05) is 60.7 Å². The fourth-order valence-corrected chi connectivity index (χ4v) is 5.28. The highest BCUT2D eigenvalue weighted by atomic mass is 32.2. The summed E-state index contributed by atoms with van der Waals surface area (Å²) in [5.41, 5.74) is 3.56. The molecule has 0 aromatic heterocycles. The first-order chi connectivity index (χ1) is 14.4. The summed E-state index contributed by atoms with van der Waals surface area (Å²) in [7, 11) is -3.73. The largest absolute Gasteiger partial charge is 0.312 e. The normalized spacial score (nSPS) is 13.5. The molecular formula is C24H24N2O3S. The van der Waals surface area contributed by atoms with Crippen LogP contribution < -0.4 is 4.90 Å². The second-order valence-electron chi connectivity index (χ2n) is 7.46. The molecule has 0 radical (unpaired) electrons. The van der Waals surface area contributed by atoms with E-state index in [-0.39, 0.29) is 23.9 Å². The zero-order valence-electron chi connectivity index (χ0n) is 16.9. The summed E-state index contributed by atoms with van der Waals surface area (Å²) in [5.74, 6) is -0.0286. The van der Waals surface area contributed by atoms with E-state index in [1.54, 1.807) is 23.1 Å². The maximum absolute atomic E-state index is 13.6. The van der Waals surface area contributed by atoms with Gasteiger partial charge in [0.25, 0.3) is 0 Å². The van der Waals surface area contributed by atoms with Gasteiger partial charge in [-0.05, 0) is 41.3 Å². The van der Waals surface area contributed by atoms with Crippen molar-refractivity contribution in [3.63, 3.8) is 0 Å². The third-order valence-corrected chi connectivity index (χ3v) is 7.16. The Morgan fingerprint density at radius 2 is 1.47 bits per heavy atom. The number of hydrogen-bond acceptors (Lipinski definition) is 3. The molecule has 0 atom stereocenters. The molecule has 154 valence electrons. The van der Waals surface area contributed by atoms with Crippen molar-refractivity contribution in [2.75, 3.05) is 11.4 Å². The van der Waals surface area contributed by atoms with Gasteiger partial charge in [-0.15, -0.1) is 0 Å². The number of hydrogen-bond donors (Lipinski definition) is 0. The van der Waals surface area contributed by atoms with Crippen molar-refractivity contribution < 1.29 is 13.2 Å². The van der Waals surface area contributed by atoms with E-state index in [0.29, 0.717) is 13.0 Å². The van der Waals surface area contributed by atoms with Crippen LogP contribution in [0, 0.1) is 0 Å². The summed E-state index contributed by atoms with van der Waals surface area (Å²) >= 11 is 0. The van der Waals surface area contributed by atoms with E-state index in [0.717, 1.165) is 22.4 Å². The minimum absolute atomic E-state index is 0.0286. The Kier molecular flexibility index (Phi) is 5.70. The van der Waals surface area contributed by atoms with E-state index in [1.165, 1.54) is 11.2 Å². The van der Waals surface area contributed by atoms with Gasteiger partial charge < -0.3 is 4.90 Å². The molecule has 1 aliphatic rings. The molecule has 0 fully saturated rings. The average Bonchev–Trinajstić information content (AvgIpc) is 3.18. The van der Waals surface area contributed by atoms with Crippen molar-refractivity contribution in [1.29, 1.82) is 0 Å². The van der Waals surface area contributed by atoms with E-state index in [2.05, 4.69) is 0 Å². The number of amides is 1. The number of rotatable bonds is 6. The topological polar surface area (TPSA) is 57.7 Å². The summed E-state index contributed by atoms with van der Waals surface area (Å²) in [6.07, 6.45) is 0.662. The molecule has 0 saturated carbocycles. The van der Waals surface area contributed by atoms with Gasteiger partial charge in [0.1, 0.15) is 0 Å². The fraction of sp³-hybridized carbons (Fsp3) is 0.208. The van der Waals surface area contributed by atoms with Crippen LogP contribution in [0.2, 0.25) is 0 Å². The van der Waals surface area contributed by atoms with Crippen LogP contribution in [0.15, 0.2) is 83.8 Å². The van der Waals surface area contributed by atoms with Crippen LogP contribution in [0.1, 0.15) is 23.6 Å². The summed E-state index contributed by atoms with van der Waals surface area (Å²) in [6, 6.07) is 24.3. The van der Waals surface area contributed by atoms with Crippen molar-refractivity contribution in [2.45, 2.75) is 31.3 Å². The summed E-state index contributed by atoms with van der Waals surface area (Å²) in [5, 5.41) is 0. The van der Waals surface area contributed by atoms with Crippen LogP contribution >= 0.6 is 0 Å². The second-order valence-corrected chi connectivity index (χ2v) is 9.39. The van der Waals surface area contributed by atoms with Gasteiger partial charge in [-0.3, -0.25) is 4.79 Å². The SMILES string of the molecule is CC(=O)N1CCc2cc(S(=O)(=O)N(Cc3ccccc3)Cc3ccccc3)ccc21. The minimum Gasteiger partial charge on any atom is -0.312 e. The Morgan fingerprint density at radius 3 is 2.00 bits per heavy atom. The number of sulfonamides is 1. The smallest absolute Gasteiger partial charge is 0.243 e. The van der Waals surface area contributed by atoms with Gasteiger partial charge in [0.15, 0.2) is 0 Å². The molecule has 0 bridgehead atoms. The lowest BCUT2D eigenvalue weighted by molar-refractivity contribution is -0.116. The number of anilines is 1. The Balaban J connectivity index is 1.69. The molecule has 5 nitrogen and oxygen atoms in total. The Bertz CT molecular complexity index is 1100. The molecule has 1 heterocycles. The van der Waals surface area contributed by atoms with Gasteiger partial charge >= 0.3 is 0 Å². The van der Waals surface area contributed by atoms with Crippen LogP contribution in [-0.2, 0) is 34.3 Å². The molecule has 30 heavy (non-hydrogen) atoms. The second kappa shape index (κ2) is 8.42. The summed E-state index contributed by atoms with van der Waals surface area (Å²) < 4.78 is 28.7. The molecule has 3 aromatic carbocycles. The van der Waals surface area contributed by atoms with Gasteiger partial charge in [0.2, 0.25) is 15.9 Å². The summed E-state index contributed by atoms with van der Waals surface area (Å²) in [6.45, 7) is 2.69. The quantitative estimate of drug-likeness (QED) is 0.606. The van der Waals surface area contributed by atoms with Crippen molar-refractivity contribution in [3.8, 4) is 0 Å². The standard InChI is InChI=1S/C24H24N2O3S/c1-19(27)26-15-14-22-16-23(12-13-24(22)26)30(28,29)25(17-20-8-4-2-5-9-20)18-21-10-6-3-7-11-21/h2-13,16H,14-15,17-18H2,1H3. The fourth-order valence-electron chi connectivity index (χ4n) is 3.81. The molecule has 4 rings (SSSR count). The maximum atomic E-state index is 13.6. The Morgan fingerprint density at radius 1 is 0.900 bits per heavy atom. The first-order valence-corrected chi connectivity index (χ1v) is 11.4. The van der Waals surface area contributed by atoms with Gasteiger partial charge in [0, 0.05) is 32.2 Å². The molecule has 0 saturated heterocycles. The predicted octanol–water partition coefficient (Wildman–Crippen LogP) is 3.99. The van der Waals surface area contributed by atoms with Gasteiger partial charge in [-0.2, -0.15) is 4.31 Å². The van der Waals surface area contributed by atoms with E-state index >= 15 is 0 Å². The number of fused-ring (bicyclic) bond motifs is 1. The van der Waals surface area contributed by atoms with Crippen LogP contribution in [0.3, 0.4) is 0 Å². The molecule has 0 unspecified atom stereocenters. The van der Waals surface area contributed by atoms with Crippen molar-refractivity contribution >= 4 is 21.6 Å². The number of benzene rings is 3. The third-order valence-electron chi connectivity index (χ3n) is 5.37. The van der Waals surface area contributed by atoms with Crippen molar-refractivity contribution in [1.82, 2.24) is 4.31 Å². The van der Waals surface area contributed by atoms with E-state index in [4.69, 9.17) is 0 Å². The molecule has 0 N–H and O–H groups in total. The molecule has 0 aliphatic carbocycles. The average molecular weight is 421 g/mol. The monoisotopic (exact) mass is 420 g/mol. The Labute approximate surface area is 177 Å². The lowest BCUT2D eigenvalue weighted by Gasteiger charge is -2.23. The highest BCUT2D eigenvalue weighted by molar-refractivity contribution is 7.89.